The Balaban J connectivity index is 2.01. The predicted molar refractivity (Wildman–Crippen MR) is 100 cm³/mol. The van der Waals surface area contributed by atoms with Crippen molar-refractivity contribution in [3.63, 3.8) is 0 Å². The van der Waals surface area contributed by atoms with Crippen molar-refractivity contribution >= 4 is 52.3 Å². The van der Waals surface area contributed by atoms with E-state index < -0.39 is 23.4 Å². The Bertz CT molecular complexity index is 891. The van der Waals surface area contributed by atoms with Gasteiger partial charge in [-0.1, -0.05) is 23.2 Å². The molecular weight excluding hydrogens is 399 g/mol. The van der Waals surface area contributed by atoms with E-state index in [1.165, 1.54) is 24.4 Å². The summed E-state index contributed by atoms with van der Waals surface area (Å²) in [6, 6.07) is 5.23. The highest BCUT2D eigenvalue weighted by Crippen LogP contribution is 2.26. The molecule has 142 valence electrons. The second-order valence-electron chi connectivity index (χ2n) is 5.13. The fraction of sp³-hybridized carbons (Fsp3) is 0.188. The Hall–Kier alpha value is -2.91. The third kappa shape index (κ3) is 5.53. The lowest BCUT2D eigenvalue weighted by Crippen LogP contribution is -2.21. The molecule has 11 heteroatoms. The number of hydrogen-bond acceptors (Lipinski definition) is 7. The summed E-state index contributed by atoms with van der Waals surface area (Å²) in [6.45, 7) is 1.64. The molecule has 0 radical (unpaired) electrons. The summed E-state index contributed by atoms with van der Waals surface area (Å²) in [5, 5.41) is 16.7. The second kappa shape index (κ2) is 9.15. The van der Waals surface area contributed by atoms with Crippen LogP contribution in [0.15, 0.2) is 30.5 Å². The van der Waals surface area contributed by atoms with Gasteiger partial charge in [-0.2, -0.15) is 0 Å². The molecule has 0 spiro atoms. The maximum atomic E-state index is 12.1. The first-order chi connectivity index (χ1) is 12.8. The molecule has 0 saturated carbocycles. The molecule has 0 atom stereocenters. The summed E-state index contributed by atoms with van der Waals surface area (Å²) in [7, 11) is 0. The van der Waals surface area contributed by atoms with Crippen LogP contribution in [0, 0.1) is 10.1 Å². The molecule has 0 fully saturated rings. The van der Waals surface area contributed by atoms with Crippen molar-refractivity contribution in [2.45, 2.75) is 6.92 Å². The van der Waals surface area contributed by atoms with E-state index in [1.54, 1.807) is 6.92 Å². The van der Waals surface area contributed by atoms with Gasteiger partial charge in [-0.15, -0.1) is 0 Å². The van der Waals surface area contributed by atoms with Gasteiger partial charge in [0.2, 0.25) is 0 Å². The van der Waals surface area contributed by atoms with Crippen LogP contribution >= 0.6 is 23.2 Å². The van der Waals surface area contributed by atoms with Crippen LogP contribution < -0.4 is 10.6 Å². The summed E-state index contributed by atoms with van der Waals surface area (Å²) in [4.78, 5) is 38.3. The average molecular weight is 413 g/mol. The number of halogens is 2. The first-order valence-corrected chi connectivity index (χ1v) is 8.37. The molecule has 2 aromatic rings. The van der Waals surface area contributed by atoms with E-state index in [0.29, 0.717) is 11.6 Å². The number of benzene rings is 1. The number of nitro groups is 1. The first-order valence-electron chi connectivity index (χ1n) is 7.62. The molecule has 1 heterocycles. The van der Waals surface area contributed by atoms with Crippen molar-refractivity contribution in [2.75, 3.05) is 23.8 Å². The van der Waals surface area contributed by atoms with Crippen molar-refractivity contribution in [3.8, 4) is 0 Å². The van der Waals surface area contributed by atoms with Gasteiger partial charge in [0.05, 0.1) is 20.5 Å². The van der Waals surface area contributed by atoms with E-state index >= 15 is 0 Å². The zero-order valence-corrected chi connectivity index (χ0v) is 15.5. The van der Waals surface area contributed by atoms with Crippen LogP contribution in [-0.2, 0) is 9.53 Å². The van der Waals surface area contributed by atoms with E-state index in [9.17, 15) is 19.7 Å². The highest BCUT2D eigenvalue weighted by atomic mass is 35.5. The summed E-state index contributed by atoms with van der Waals surface area (Å²) >= 11 is 11.6. The minimum absolute atomic E-state index is 0.0567. The molecular formula is C16H14Cl2N4O5. The van der Waals surface area contributed by atoms with E-state index in [-0.39, 0.29) is 27.8 Å². The largest absolute Gasteiger partial charge is 0.452 e. The molecule has 0 aliphatic carbocycles. The van der Waals surface area contributed by atoms with Crippen molar-refractivity contribution in [2.24, 2.45) is 0 Å². The summed E-state index contributed by atoms with van der Waals surface area (Å²) in [6.07, 6.45) is 1.29. The molecule has 2 rings (SSSR count). The zero-order chi connectivity index (χ0) is 20.0. The molecule has 0 aliphatic heterocycles. The first kappa shape index (κ1) is 20.4. The number of carbonyl (C=O) groups excluding carboxylic acids is 2. The highest BCUT2D eigenvalue weighted by Gasteiger charge is 2.19. The molecule has 0 bridgehead atoms. The van der Waals surface area contributed by atoms with Gasteiger partial charge in [0.25, 0.3) is 11.6 Å². The second-order valence-corrected chi connectivity index (χ2v) is 5.97. The summed E-state index contributed by atoms with van der Waals surface area (Å²) in [5.41, 5.74) is -0.0491. The molecule has 0 unspecified atom stereocenters. The number of aromatic nitrogens is 1. The number of ether oxygens (including phenoxy) is 1. The Kier molecular flexibility index (Phi) is 6.91. The number of carbonyl (C=O) groups is 2. The Morgan fingerprint density at radius 3 is 2.67 bits per heavy atom. The smallest absolute Gasteiger partial charge is 0.338 e. The Morgan fingerprint density at radius 2 is 2.04 bits per heavy atom. The van der Waals surface area contributed by atoms with Gasteiger partial charge in [0.1, 0.15) is 5.69 Å². The summed E-state index contributed by atoms with van der Waals surface area (Å²) < 4.78 is 4.87. The SMILES string of the molecule is CCNc1ccc(C(=O)OCC(=O)Nc2ncc(Cl)cc2Cl)cc1[N+](=O)[O-]. The molecule has 9 nitrogen and oxygen atoms in total. The maximum absolute atomic E-state index is 12.1. The maximum Gasteiger partial charge on any atom is 0.338 e. The third-order valence-electron chi connectivity index (χ3n) is 3.20. The van der Waals surface area contributed by atoms with Gasteiger partial charge in [-0.25, -0.2) is 9.78 Å². The normalized spacial score (nSPS) is 10.2. The highest BCUT2D eigenvalue weighted by molar-refractivity contribution is 6.36. The van der Waals surface area contributed by atoms with Gasteiger partial charge in [0, 0.05) is 18.8 Å². The molecule has 27 heavy (non-hydrogen) atoms. The molecule has 1 amide bonds. The number of esters is 1. The Morgan fingerprint density at radius 1 is 1.30 bits per heavy atom. The molecule has 0 saturated heterocycles. The number of amides is 1. The number of pyridine rings is 1. The molecule has 0 aliphatic rings. The predicted octanol–water partition coefficient (Wildman–Crippen LogP) is 3.52. The fourth-order valence-corrected chi connectivity index (χ4v) is 2.47. The van der Waals surface area contributed by atoms with E-state index in [0.717, 1.165) is 6.07 Å². The number of anilines is 2. The standard InChI is InChI=1S/C16H14Cl2N4O5/c1-2-19-12-4-3-9(5-13(12)22(25)26)16(24)27-8-14(23)21-15-11(18)6-10(17)7-20-15/h3-7,19H,2,8H2,1H3,(H,20,21,23). The number of rotatable bonds is 7. The monoisotopic (exact) mass is 412 g/mol. The van der Waals surface area contributed by atoms with Crippen LogP contribution in [0.3, 0.4) is 0 Å². The Labute approximate surface area is 163 Å². The minimum Gasteiger partial charge on any atom is -0.452 e. The number of nitrogens with zero attached hydrogens (tertiary/aromatic N) is 2. The van der Waals surface area contributed by atoms with E-state index in [1.807, 2.05) is 0 Å². The summed E-state index contributed by atoms with van der Waals surface area (Å²) in [5.74, 6) is -1.50. The van der Waals surface area contributed by atoms with Gasteiger partial charge in [-0.05, 0) is 25.1 Å². The molecule has 1 aromatic carbocycles. The van der Waals surface area contributed by atoms with Gasteiger partial charge in [-0.3, -0.25) is 14.9 Å². The quantitative estimate of drug-likeness (QED) is 0.404. The van der Waals surface area contributed by atoms with Crippen molar-refractivity contribution in [3.05, 3.63) is 56.2 Å². The van der Waals surface area contributed by atoms with Gasteiger partial charge < -0.3 is 15.4 Å². The van der Waals surface area contributed by atoms with Crippen LogP contribution in [-0.4, -0.2) is 34.9 Å². The van der Waals surface area contributed by atoms with Crippen molar-refractivity contribution in [1.82, 2.24) is 4.98 Å². The van der Waals surface area contributed by atoms with Crippen LogP contribution in [0.4, 0.5) is 17.2 Å². The lowest BCUT2D eigenvalue weighted by atomic mass is 10.1. The number of hydrogen-bond donors (Lipinski definition) is 2. The fourth-order valence-electron chi connectivity index (χ4n) is 2.04. The van der Waals surface area contributed by atoms with Crippen molar-refractivity contribution in [1.29, 1.82) is 0 Å². The van der Waals surface area contributed by atoms with Gasteiger partial charge >= 0.3 is 5.97 Å². The van der Waals surface area contributed by atoms with Crippen molar-refractivity contribution < 1.29 is 19.2 Å². The van der Waals surface area contributed by atoms with Crippen LogP contribution in [0.5, 0.6) is 0 Å². The molecule has 2 N–H and O–H groups in total. The lowest BCUT2D eigenvalue weighted by molar-refractivity contribution is -0.384. The molecule has 1 aromatic heterocycles. The van der Waals surface area contributed by atoms with Crippen LogP contribution in [0.1, 0.15) is 17.3 Å². The lowest BCUT2D eigenvalue weighted by Gasteiger charge is -2.09. The van der Waals surface area contributed by atoms with E-state index in [4.69, 9.17) is 27.9 Å². The topological polar surface area (TPSA) is 123 Å². The van der Waals surface area contributed by atoms with Gasteiger partial charge in [0.15, 0.2) is 12.4 Å². The van der Waals surface area contributed by atoms with Crippen LogP contribution in [0.25, 0.3) is 0 Å². The number of nitrogens with one attached hydrogen (secondary N) is 2. The zero-order valence-electron chi connectivity index (χ0n) is 14.0. The van der Waals surface area contributed by atoms with E-state index in [2.05, 4.69) is 15.6 Å². The average Bonchev–Trinajstić information content (AvgIpc) is 2.62. The minimum atomic E-state index is -0.883. The third-order valence-corrected chi connectivity index (χ3v) is 3.69. The number of nitro benzene ring substituents is 1. The van der Waals surface area contributed by atoms with Crippen LogP contribution in [0.2, 0.25) is 10.0 Å².